The SMILES string of the molecule is CCCCN(CC)C(=O)c1cnc2c(cnn2Cc2ccccc2)c1. The summed E-state index contributed by atoms with van der Waals surface area (Å²) in [6.07, 6.45) is 5.55. The molecule has 0 aliphatic rings. The molecule has 0 bridgehead atoms. The van der Waals surface area contributed by atoms with Crippen molar-refractivity contribution < 1.29 is 4.79 Å². The Balaban J connectivity index is 1.82. The van der Waals surface area contributed by atoms with Crippen LogP contribution in [0, 0.1) is 0 Å². The highest BCUT2D eigenvalue weighted by atomic mass is 16.2. The first-order valence-corrected chi connectivity index (χ1v) is 8.87. The number of unbranched alkanes of at least 4 members (excludes halogenated alkanes) is 1. The molecule has 3 rings (SSSR count). The van der Waals surface area contributed by atoms with Gasteiger partial charge in [-0.15, -0.1) is 0 Å². The highest BCUT2D eigenvalue weighted by molar-refractivity contribution is 5.96. The Bertz CT molecular complexity index is 841. The Hall–Kier alpha value is -2.69. The quantitative estimate of drug-likeness (QED) is 0.660. The minimum atomic E-state index is 0.0427. The van der Waals surface area contributed by atoms with Crippen molar-refractivity contribution in [2.24, 2.45) is 0 Å². The van der Waals surface area contributed by atoms with E-state index in [-0.39, 0.29) is 5.91 Å². The zero-order valence-corrected chi connectivity index (χ0v) is 14.9. The number of aromatic nitrogens is 3. The molecule has 25 heavy (non-hydrogen) atoms. The largest absolute Gasteiger partial charge is 0.339 e. The predicted octanol–water partition coefficient (Wildman–Crippen LogP) is 3.74. The maximum atomic E-state index is 12.7. The summed E-state index contributed by atoms with van der Waals surface area (Å²) in [6, 6.07) is 12.1. The molecule has 0 fully saturated rings. The number of carbonyl (C=O) groups is 1. The molecule has 2 heterocycles. The van der Waals surface area contributed by atoms with Crippen molar-refractivity contribution in [1.29, 1.82) is 0 Å². The summed E-state index contributed by atoms with van der Waals surface area (Å²) >= 11 is 0. The van der Waals surface area contributed by atoms with E-state index in [2.05, 4.69) is 29.1 Å². The van der Waals surface area contributed by atoms with Crippen molar-refractivity contribution in [3.63, 3.8) is 0 Å². The van der Waals surface area contributed by atoms with Gasteiger partial charge >= 0.3 is 0 Å². The number of pyridine rings is 1. The third kappa shape index (κ3) is 3.87. The summed E-state index contributed by atoms with van der Waals surface area (Å²) < 4.78 is 1.87. The fourth-order valence-electron chi connectivity index (χ4n) is 2.90. The lowest BCUT2D eigenvalue weighted by Gasteiger charge is -2.20. The second-order valence-electron chi connectivity index (χ2n) is 6.16. The van der Waals surface area contributed by atoms with Crippen molar-refractivity contribution >= 4 is 16.9 Å². The number of benzene rings is 1. The molecule has 1 aromatic carbocycles. The Morgan fingerprint density at radius 1 is 1.16 bits per heavy atom. The number of hydrogen-bond acceptors (Lipinski definition) is 3. The zero-order chi connectivity index (χ0) is 17.6. The fraction of sp³-hybridized carbons (Fsp3) is 0.350. The molecule has 1 amide bonds. The molecule has 0 aliphatic heterocycles. The predicted molar refractivity (Wildman–Crippen MR) is 99.6 cm³/mol. The molecule has 0 saturated heterocycles. The monoisotopic (exact) mass is 336 g/mol. The molecule has 0 radical (unpaired) electrons. The molecular formula is C20H24N4O. The van der Waals surface area contributed by atoms with E-state index in [1.807, 2.05) is 40.8 Å². The van der Waals surface area contributed by atoms with Gasteiger partial charge in [-0.05, 0) is 25.0 Å². The molecular weight excluding hydrogens is 312 g/mol. The van der Waals surface area contributed by atoms with Crippen molar-refractivity contribution in [2.75, 3.05) is 13.1 Å². The van der Waals surface area contributed by atoms with Crippen LogP contribution in [-0.4, -0.2) is 38.7 Å². The first-order valence-electron chi connectivity index (χ1n) is 8.87. The van der Waals surface area contributed by atoms with Crippen molar-refractivity contribution in [3.05, 3.63) is 59.9 Å². The van der Waals surface area contributed by atoms with Crippen LogP contribution in [0.5, 0.6) is 0 Å². The highest BCUT2D eigenvalue weighted by Gasteiger charge is 2.16. The summed E-state index contributed by atoms with van der Waals surface area (Å²) in [5.41, 5.74) is 2.60. The first kappa shape index (κ1) is 17.1. The molecule has 2 aromatic heterocycles. The summed E-state index contributed by atoms with van der Waals surface area (Å²) in [5.74, 6) is 0.0427. The molecule has 3 aromatic rings. The van der Waals surface area contributed by atoms with E-state index < -0.39 is 0 Å². The standard InChI is InChI=1S/C20H24N4O/c1-3-5-11-23(4-2)20(25)18-12-17-14-22-24(19(17)21-13-18)15-16-9-7-6-8-10-16/h6-10,12-14H,3-5,11,15H2,1-2H3. The van der Waals surface area contributed by atoms with Crippen LogP contribution in [0.4, 0.5) is 0 Å². The molecule has 0 saturated carbocycles. The second-order valence-corrected chi connectivity index (χ2v) is 6.16. The lowest BCUT2D eigenvalue weighted by Crippen LogP contribution is -2.31. The summed E-state index contributed by atoms with van der Waals surface area (Å²) in [6.45, 7) is 6.31. The lowest BCUT2D eigenvalue weighted by molar-refractivity contribution is 0.0762. The molecule has 0 unspecified atom stereocenters. The topological polar surface area (TPSA) is 51.0 Å². The van der Waals surface area contributed by atoms with E-state index in [1.165, 1.54) is 5.56 Å². The van der Waals surface area contributed by atoms with Gasteiger partial charge in [-0.1, -0.05) is 43.7 Å². The molecule has 130 valence electrons. The number of amides is 1. The molecule has 0 spiro atoms. The number of nitrogens with zero attached hydrogens (tertiary/aromatic N) is 4. The minimum Gasteiger partial charge on any atom is -0.339 e. The van der Waals surface area contributed by atoms with Crippen LogP contribution >= 0.6 is 0 Å². The van der Waals surface area contributed by atoms with Gasteiger partial charge in [0.2, 0.25) is 0 Å². The van der Waals surface area contributed by atoms with Gasteiger partial charge in [0.1, 0.15) is 0 Å². The van der Waals surface area contributed by atoms with Crippen LogP contribution in [0.3, 0.4) is 0 Å². The van der Waals surface area contributed by atoms with Crippen molar-refractivity contribution in [3.8, 4) is 0 Å². The van der Waals surface area contributed by atoms with E-state index >= 15 is 0 Å². The van der Waals surface area contributed by atoms with Crippen LogP contribution < -0.4 is 0 Å². The Morgan fingerprint density at radius 2 is 1.96 bits per heavy atom. The van der Waals surface area contributed by atoms with Gasteiger partial charge in [-0.2, -0.15) is 5.10 Å². The normalized spacial score (nSPS) is 11.0. The van der Waals surface area contributed by atoms with E-state index in [0.29, 0.717) is 18.7 Å². The van der Waals surface area contributed by atoms with Crippen molar-refractivity contribution in [1.82, 2.24) is 19.7 Å². The fourth-order valence-corrected chi connectivity index (χ4v) is 2.90. The average molecular weight is 336 g/mol. The second kappa shape index (κ2) is 7.92. The van der Waals surface area contributed by atoms with Crippen LogP contribution in [0.2, 0.25) is 0 Å². The molecule has 0 N–H and O–H groups in total. The van der Waals surface area contributed by atoms with Gasteiger partial charge in [0.25, 0.3) is 5.91 Å². The number of fused-ring (bicyclic) bond motifs is 1. The minimum absolute atomic E-state index is 0.0427. The van der Waals surface area contributed by atoms with Crippen LogP contribution in [0.1, 0.15) is 42.6 Å². The van der Waals surface area contributed by atoms with Crippen molar-refractivity contribution in [2.45, 2.75) is 33.2 Å². The van der Waals surface area contributed by atoms with E-state index in [9.17, 15) is 4.79 Å². The number of hydrogen-bond donors (Lipinski definition) is 0. The van der Waals surface area contributed by atoms with E-state index in [0.717, 1.165) is 30.4 Å². The third-order valence-corrected chi connectivity index (χ3v) is 4.35. The Kier molecular flexibility index (Phi) is 5.43. The molecule has 5 heteroatoms. The van der Waals surface area contributed by atoms with Gasteiger partial charge in [0.05, 0.1) is 18.3 Å². The smallest absolute Gasteiger partial charge is 0.255 e. The molecule has 0 aliphatic carbocycles. The third-order valence-electron chi connectivity index (χ3n) is 4.35. The maximum Gasteiger partial charge on any atom is 0.255 e. The number of rotatable bonds is 7. The lowest BCUT2D eigenvalue weighted by atomic mass is 10.2. The summed E-state index contributed by atoms with van der Waals surface area (Å²) in [4.78, 5) is 19.1. The average Bonchev–Trinajstić information content (AvgIpc) is 3.05. The summed E-state index contributed by atoms with van der Waals surface area (Å²) in [5, 5.41) is 5.33. The molecule has 5 nitrogen and oxygen atoms in total. The van der Waals surface area contributed by atoms with Gasteiger partial charge in [0, 0.05) is 24.7 Å². The van der Waals surface area contributed by atoms with Gasteiger partial charge in [-0.3, -0.25) is 4.79 Å². The van der Waals surface area contributed by atoms with Crippen LogP contribution in [0.15, 0.2) is 48.8 Å². The van der Waals surface area contributed by atoms with Gasteiger partial charge in [-0.25, -0.2) is 9.67 Å². The highest BCUT2D eigenvalue weighted by Crippen LogP contribution is 2.16. The van der Waals surface area contributed by atoms with Crippen LogP contribution in [-0.2, 0) is 6.54 Å². The maximum absolute atomic E-state index is 12.7. The van der Waals surface area contributed by atoms with E-state index in [1.54, 1.807) is 12.4 Å². The zero-order valence-electron chi connectivity index (χ0n) is 14.9. The van der Waals surface area contributed by atoms with Gasteiger partial charge < -0.3 is 4.90 Å². The first-order chi connectivity index (χ1) is 12.2. The Labute approximate surface area is 148 Å². The Morgan fingerprint density at radius 3 is 2.68 bits per heavy atom. The van der Waals surface area contributed by atoms with Gasteiger partial charge in [0.15, 0.2) is 5.65 Å². The van der Waals surface area contributed by atoms with E-state index in [4.69, 9.17) is 0 Å². The summed E-state index contributed by atoms with van der Waals surface area (Å²) in [7, 11) is 0. The molecule has 0 atom stereocenters. The van der Waals surface area contributed by atoms with Crippen LogP contribution in [0.25, 0.3) is 11.0 Å². The number of carbonyl (C=O) groups excluding carboxylic acids is 1.